The maximum atomic E-state index is 11.0. The number of carboxylic acid groups (broad SMARTS) is 1. The zero-order valence-electron chi connectivity index (χ0n) is 20.2. The maximum absolute atomic E-state index is 11.0. The van der Waals surface area contributed by atoms with Gasteiger partial charge in [0, 0.05) is 6.42 Å². The topological polar surface area (TPSA) is 77.8 Å². The molecule has 0 heterocycles. The summed E-state index contributed by atoms with van der Waals surface area (Å²) in [7, 11) is 0. The Labute approximate surface area is 194 Å². The Balaban J connectivity index is 1.77. The Bertz CT molecular complexity index is 711. The van der Waals surface area contributed by atoms with E-state index < -0.39 is 18.2 Å². The van der Waals surface area contributed by atoms with Crippen molar-refractivity contribution in [3.63, 3.8) is 0 Å². The van der Waals surface area contributed by atoms with Crippen LogP contribution >= 0.6 is 0 Å². The molecule has 3 N–H and O–H groups in total. The van der Waals surface area contributed by atoms with Gasteiger partial charge in [-0.25, -0.2) is 0 Å². The molecule has 4 nitrogen and oxygen atoms in total. The summed E-state index contributed by atoms with van der Waals surface area (Å²) in [5, 5.41) is 30.7. The van der Waals surface area contributed by atoms with Crippen molar-refractivity contribution in [1.82, 2.24) is 0 Å². The van der Waals surface area contributed by atoms with Gasteiger partial charge in [0.05, 0.1) is 12.0 Å². The quantitative estimate of drug-likeness (QED) is 0.242. The van der Waals surface area contributed by atoms with E-state index in [9.17, 15) is 15.0 Å². The van der Waals surface area contributed by atoms with Gasteiger partial charge in [-0.2, -0.15) is 0 Å². The number of rotatable bonds is 9. The molecule has 4 heteroatoms. The molecule has 0 bridgehead atoms. The largest absolute Gasteiger partial charge is 0.481 e. The first-order chi connectivity index (χ1) is 15.4. The van der Waals surface area contributed by atoms with Crippen LogP contribution in [0.4, 0.5) is 0 Å². The Hall–Kier alpha value is -1.31. The molecule has 0 aromatic rings. The fourth-order valence-electron chi connectivity index (χ4n) is 6.78. The van der Waals surface area contributed by atoms with Crippen LogP contribution in [-0.4, -0.2) is 33.5 Å². The normalized spacial score (nSPS) is 34.8. The first-order valence-corrected chi connectivity index (χ1v) is 13.2. The highest BCUT2D eigenvalue weighted by molar-refractivity contribution is 5.66. The third kappa shape index (κ3) is 5.78. The van der Waals surface area contributed by atoms with Crippen molar-refractivity contribution in [2.75, 3.05) is 0 Å². The lowest BCUT2D eigenvalue weighted by Gasteiger charge is -2.62. The number of unbranched alkanes of at least 4 members (excludes halogenated alkanes) is 3. The van der Waals surface area contributed by atoms with E-state index in [1.165, 1.54) is 50.5 Å². The van der Waals surface area contributed by atoms with Crippen LogP contribution in [0.3, 0.4) is 0 Å². The van der Waals surface area contributed by atoms with Gasteiger partial charge < -0.3 is 15.3 Å². The molecule has 6 atom stereocenters. The fourth-order valence-corrected chi connectivity index (χ4v) is 6.78. The molecule has 0 spiro atoms. The second kappa shape index (κ2) is 11.7. The molecule has 0 amide bonds. The minimum atomic E-state index is -0.748. The predicted molar refractivity (Wildman–Crippen MR) is 128 cm³/mol. The van der Waals surface area contributed by atoms with Crippen molar-refractivity contribution >= 4 is 5.97 Å². The second-order valence-corrected chi connectivity index (χ2v) is 10.8. The highest BCUT2D eigenvalue weighted by Gasteiger charge is 2.60. The molecule has 3 aliphatic rings. The van der Waals surface area contributed by atoms with E-state index in [0.29, 0.717) is 18.3 Å². The average molecular weight is 445 g/mol. The zero-order chi connectivity index (χ0) is 23.1. The molecule has 180 valence electrons. The van der Waals surface area contributed by atoms with Gasteiger partial charge in [-0.05, 0) is 61.7 Å². The Morgan fingerprint density at radius 2 is 1.94 bits per heavy atom. The molecule has 3 saturated carbocycles. The number of hydrogen-bond acceptors (Lipinski definition) is 3. The van der Waals surface area contributed by atoms with E-state index in [4.69, 9.17) is 5.11 Å². The van der Waals surface area contributed by atoms with Crippen LogP contribution < -0.4 is 0 Å². The zero-order valence-corrected chi connectivity index (χ0v) is 20.2. The van der Waals surface area contributed by atoms with E-state index in [2.05, 4.69) is 31.8 Å². The van der Waals surface area contributed by atoms with Crippen molar-refractivity contribution in [3.8, 4) is 11.8 Å². The summed E-state index contributed by atoms with van der Waals surface area (Å²) in [6.45, 7) is 4.52. The second-order valence-electron chi connectivity index (χ2n) is 10.8. The van der Waals surface area contributed by atoms with Gasteiger partial charge >= 0.3 is 5.97 Å². The molecule has 2 unspecified atom stereocenters. The molecule has 0 saturated heterocycles. The summed E-state index contributed by atoms with van der Waals surface area (Å²) >= 11 is 0. The number of fused-ring (bicyclic) bond motifs is 1. The van der Waals surface area contributed by atoms with Gasteiger partial charge in [0.1, 0.15) is 6.10 Å². The first-order valence-electron chi connectivity index (χ1n) is 13.2. The number of carboxylic acids is 1. The summed E-state index contributed by atoms with van der Waals surface area (Å²) < 4.78 is 0. The van der Waals surface area contributed by atoms with Gasteiger partial charge in [0.2, 0.25) is 0 Å². The van der Waals surface area contributed by atoms with Gasteiger partial charge in [-0.1, -0.05) is 82.3 Å². The first kappa shape index (κ1) is 25.3. The molecule has 3 fully saturated rings. The number of allylic oxidation sites excluding steroid dienone is 2. The van der Waals surface area contributed by atoms with Crippen LogP contribution in [-0.2, 0) is 4.79 Å². The van der Waals surface area contributed by atoms with Gasteiger partial charge in [0.25, 0.3) is 0 Å². The maximum Gasteiger partial charge on any atom is 0.303 e. The monoisotopic (exact) mass is 444 g/mol. The van der Waals surface area contributed by atoms with Crippen molar-refractivity contribution < 1.29 is 20.1 Å². The third-order valence-corrected chi connectivity index (χ3v) is 8.57. The molecular weight excluding hydrogens is 400 g/mol. The van der Waals surface area contributed by atoms with Crippen LogP contribution in [0.25, 0.3) is 0 Å². The molecule has 3 aliphatic carbocycles. The number of hydrogen-bond donors (Lipinski definition) is 3. The third-order valence-electron chi connectivity index (χ3n) is 8.57. The van der Waals surface area contributed by atoms with Crippen LogP contribution in [0.1, 0.15) is 104 Å². The number of aliphatic hydroxyl groups excluding tert-OH is 2. The van der Waals surface area contributed by atoms with Crippen LogP contribution in [0.15, 0.2) is 11.6 Å². The lowest BCUT2D eigenvalue weighted by molar-refractivity contribution is -0.136. The Kier molecular flexibility index (Phi) is 9.26. The smallest absolute Gasteiger partial charge is 0.303 e. The summed E-state index contributed by atoms with van der Waals surface area (Å²) in [5.41, 5.74) is 1.41. The van der Waals surface area contributed by atoms with Crippen LogP contribution in [0.5, 0.6) is 0 Å². The minimum absolute atomic E-state index is 0.00228. The summed E-state index contributed by atoms with van der Waals surface area (Å²) in [4.78, 5) is 11.0. The Morgan fingerprint density at radius 1 is 1.19 bits per heavy atom. The fraction of sp³-hybridized carbons (Fsp3) is 0.821. The van der Waals surface area contributed by atoms with E-state index >= 15 is 0 Å². The summed E-state index contributed by atoms with van der Waals surface area (Å²) in [6, 6.07) is 0. The molecule has 0 radical (unpaired) electrons. The lowest BCUT2D eigenvalue weighted by Crippen LogP contribution is -2.57. The highest BCUT2D eigenvalue weighted by Crippen LogP contribution is 2.65. The van der Waals surface area contributed by atoms with Crippen LogP contribution in [0, 0.1) is 40.9 Å². The minimum Gasteiger partial charge on any atom is -0.481 e. The predicted octanol–water partition coefficient (Wildman–Crippen LogP) is 5.72. The average Bonchev–Trinajstić information content (AvgIpc) is 2.78. The van der Waals surface area contributed by atoms with Gasteiger partial charge in [0.15, 0.2) is 0 Å². The lowest BCUT2D eigenvalue weighted by atomic mass is 9.42. The standard InChI is InChI=1S/C28H44O4/c1-3-4-5-9-13-21-23(14-10-15-26(31)32)28(2)19-18-25(30)22(27(21)28)16-17-24(29)20-11-7-6-8-12-20/h14,20-22,24-25,27,29-30H,3-13,15,18-19H2,1-2H3,(H,31,32)/t21?,22-,24?,25+,27+,28+/m1/s1. The van der Waals surface area contributed by atoms with E-state index in [-0.39, 0.29) is 23.7 Å². The van der Waals surface area contributed by atoms with Gasteiger partial charge in [-0.3, -0.25) is 4.79 Å². The van der Waals surface area contributed by atoms with Crippen molar-refractivity contribution in [2.24, 2.45) is 29.1 Å². The molecule has 0 aromatic heterocycles. The molecule has 0 aromatic carbocycles. The van der Waals surface area contributed by atoms with Crippen LogP contribution in [0.2, 0.25) is 0 Å². The molecule has 0 aliphatic heterocycles. The molecule has 32 heavy (non-hydrogen) atoms. The number of aliphatic hydroxyl groups is 2. The molecule has 3 rings (SSSR count). The number of aliphatic carboxylic acids is 1. The Morgan fingerprint density at radius 3 is 2.62 bits per heavy atom. The van der Waals surface area contributed by atoms with E-state index in [0.717, 1.165) is 32.1 Å². The van der Waals surface area contributed by atoms with Crippen molar-refractivity contribution in [1.29, 1.82) is 0 Å². The van der Waals surface area contributed by atoms with Crippen molar-refractivity contribution in [3.05, 3.63) is 11.6 Å². The molecular formula is C28H44O4. The SMILES string of the molecule is CCCCCCC1C(=CCCC(=O)O)[C@]2(C)CC[C@H](O)[C@@H](C#CC(O)C3CCCCC3)[C@H]12. The number of carbonyl (C=O) groups is 1. The van der Waals surface area contributed by atoms with E-state index in [1.807, 2.05) is 0 Å². The van der Waals surface area contributed by atoms with E-state index in [1.54, 1.807) is 0 Å². The summed E-state index contributed by atoms with van der Waals surface area (Å²) in [6.07, 6.45) is 15.3. The summed E-state index contributed by atoms with van der Waals surface area (Å²) in [5.74, 6) is 6.67. The highest BCUT2D eigenvalue weighted by atomic mass is 16.4. The van der Waals surface area contributed by atoms with Crippen molar-refractivity contribution in [2.45, 2.75) is 116 Å². The van der Waals surface area contributed by atoms with Gasteiger partial charge in [-0.15, -0.1) is 0 Å².